The first-order chi connectivity index (χ1) is 19.6. The van der Waals surface area contributed by atoms with E-state index in [1.165, 1.54) is 48.2 Å². The van der Waals surface area contributed by atoms with Gasteiger partial charge in [-0.2, -0.15) is 0 Å². The Hall–Kier alpha value is -3.58. The summed E-state index contributed by atoms with van der Waals surface area (Å²) in [5.41, 5.74) is -1.25. The standard InChI is InChI=1S/C29H34N4O7S/c1-4-32-23-12-6-5-11-22(23)29(28(32)37)24(25(34)20-9-7-10-21(19-20)41(38,39)30(2)3)26(35)27(36)33(29)14-8-13-31-15-17-40-18-16-31/h5-7,9-12,19,34H,4,8,13-18H2,1-3H3/t29-/m0/s1. The topological polar surface area (TPSA) is 128 Å². The summed E-state index contributed by atoms with van der Waals surface area (Å²) in [6, 6.07) is 12.5. The first-order valence-electron chi connectivity index (χ1n) is 13.6. The van der Waals surface area contributed by atoms with Crippen LogP contribution in [0, 0.1) is 0 Å². The number of likely N-dealkylation sites (N-methyl/N-ethyl adjacent to an activating group) is 1. The molecule has 0 bridgehead atoms. The Morgan fingerprint density at radius 3 is 2.41 bits per heavy atom. The Morgan fingerprint density at radius 2 is 1.73 bits per heavy atom. The van der Waals surface area contributed by atoms with E-state index in [1.54, 1.807) is 31.2 Å². The van der Waals surface area contributed by atoms with E-state index in [0.717, 1.165) is 17.4 Å². The second-order valence-electron chi connectivity index (χ2n) is 10.4. The molecule has 1 atom stereocenters. The molecule has 5 rings (SSSR count). The molecule has 1 spiro atoms. The zero-order valence-electron chi connectivity index (χ0n) is 23.4. The Morgan fingerprint density at radius 1 is 1.02 bits per heavy atom. The second kappa shape index (κ2) is 11.0. The number of hydrogen-bond acceptors (Lipinski definition) is 8. The lowest BCUT2D eigenvalue weighted by atomic mass is 9.82. The number of ketones is 1. The van der Waals surface area contributed by atoms with Crippen LogP contribution in [0.2, 0.25) is 0 Å². The number of Topliss-reactive ketones (excluding diaryl/α,β-unsaturated/α-hetero) is 1. The molecule has 2 amide bonds. The molecule has 2 aromatic carbocycles. The average molecular weight is 583 g/mol. The number of aliphatic hydroxyl groups is 1. The van der Waals surface area contributed by atoms with Crippen molar-refractivity contribution in [3.05, 3.63) is 65.2 Å². The summed E-state index contributed by atoms with van der Waals surface area (Å²) < 4.78 is 32.1. The van der Waals surface area contributed by atoms with E-state index in [4.69, 9.17) is 4.74 Å². The van der Waals surface area contributed by atoms with Crippen LogP contribution in [0.25, 0.3) is 5.76 Å². The van der Waals surface area contributed by atoms with Crippen molar-refractivity contribution in [2.45, 2.75) is 23.8 Å². The monoisotopic (exact) mass is 582 g/mol. The van der Waals surface area contributed by atoms with Gasteiger partial charge in [-0.15, -0.1) is 0 Å². The maximum atomic E-state index is 14.4. The van der Waals surface area contributed by atoms with Gasteiger partial charge in [0, 0.05) is 57.9 Å². The average Bonchev–Trinajstić information content (AvgIpc) is 3.35. The van der Waals surface area contributed by atoms with Gasteiger partial charge in [0.15, 0.2) is 5.54 Å². The molecule has 11 nitrogen and oxygen atoms in total. The van der Waals surface area contributed by atoms with Crippen LogP contribution in [-0.2, 0) is 34.7 Å². The molecule has 3 heterocycles. The van der Waals surface area contributed by atoms with Crippen molar-refractivity contribution in [3.63, 3.8) is 0 Å². The highest BCUT2D eigenvalue weighted by Crippen LogP contribution is 2.53. The van der Waals surface area contributed by atoms with Crippen LogP contribution < -0.4 is 4.90 Å². The fourth-order valence-corrected chi connectivity index (χ4v) is 6.86. The van der Waals surface area contributed by atoms with Gasteiger partial charge in [0.05, 0.1) is 29.4 Å². The Balaban J connectivity index is 1.67. The van der Waals surface area contributed by atoms with Gasteiger partial charge < -0.3 is 19.6 Å². The minimum absolute atomic E-state index is 0.0128. The number of aliphatic hydroxyl groups excluding tert-OH is 1. The molecule has 2 saturated heterocycles. The van der Waals surface area contributed by atoms with Gasteiger partial charge in [0.2, 0.25) is 10.0 Å². The maximum absolute atomic E-state index is 14.4. The molecule has 0 unspecified atom stereocenters. The molecule has 218 valence electrons. The SMILES string of the molecule is CCN1C(=O)[C@@]2(C(=C(O)c3cccc(S(=O)(=O)N(C)C)c3)C(=O)C(=O)N2CCCN2CCOCC2)c2ccccc21. The lowest BCUT2D eigenvalue weighted by Crippen LogP contribution is -2.52. The van der Waals surface area contributed by atoms with Gasteiger partial charge in [0.1, 0.15) is 5.76 Å². The zero-order valence-corrected chi connectivity index (χ0v) is 24.2. The molecule has 1 N–H and O–H groups in total. The molecule has 2 fully saturated rings. The van der Waals surface area contributed by atoms with Crippen LogP contribution >= 0.6 is 0 Å². The lowest BCUT2D eigenvalue weighted by Gasteiger charge is -2.35. The molecule has 2 aromatic rings. The van der Waals surface area contributed by atoms with Gasteiger partial charge >= 0.3 is 0 Å². The van der Waals surface area contributed by atoms with E-state index < -0.39 is 38.9 Å². The van der Waals surface area contributed by atoms with E-state index in [2.05, 4.69) is 4.90 Å². The number of fused-ring (bicyclic) bond motifs is 2. The van der Waals surface area contributed by atoms with Crippen molar-refractivity contribution in [2.75, 3.05) is 64.9 Å². The zero-order chi connectivity index (χ0) is 29.5. The van der Waals surface area contributed by atoms with Crippen LogP contribution in [-0.4, -0.2) is 105 Å². The van der Waals surface area contributed by atoms with Crippen molar-refractivity contribution in [3.8, 4) is 0 Å². The maximum Gasteiger partial charge on any atom is 0.296 e. The van der Waals surface area contributed by atoms with E-state index >= 15 is 0 Å². The number of sulfonamides is 1. The number of ether oxygens (including phenoxy) is 1. The van der Waals surface area contributed by atoms with Crippen LogP contribution in [0.5, 0.6) is 0 Å². The van der Waals surface area contributed by atoms with E-state index in [-0.39, 0.29) is 29.1 Å². The van der Waals surface area contributed by atoms with Crippen LogP contribution in [0.15, 0.2) is 59.0 Å². The van der Waals surface area contributed by atoms with Crippen molar-refractivity contribution in [1.29, 1.82) is 0 Å². The number of morpholine rings is 1. The summed E-state index contributed by atoms with van der Waals surface area (Å²) in [4.78, 5) is 46.7. The van der Waals surface area contributed by atoms with E-state index in [1.807, 2.05) is 0 Å². The van der Waals surface area contributed by atoms with Crippen molar-refractivity contribution >= 4 is 39.1 Å². The molecule has 3 aliphatic rings. The second-order valence-corrected chi connectivity index (χ2v) is 12.6. The molecule has 0 radical (unpaired) electrons. The highest BCUT2D eigenvalue weighted by atomic mass is 32.2. The Kier molecular flexibility index (Phi) is 7.77. The summed E-state index contributed by atoms with van der Waals surface area (Å²) in [5, 5.41) is 11.7. The smallest absolute Gasteiger partial charge is 0.296 e. The number of nitrogens with zero attached hydrogens (tertiary/aromatic N) is 4. The summed E-state index contributed by atoms with van der Waals surface area (Å²) >= 11 is 0. The van der Waals surface area contributed by atoms with Gasteiger partial charge in [-0.25, -0.2) is 12.7 Å². The molecule has 0 aliphatic carbocycles. The predicted octanol–water partition coefficient (Wildman–Crippen LogP) is 1.60. The lowest BCUT2D eigenvalue weighted by molar-refractivity contribution is -0.143. The molecule has 0 saturated carbocycles. The number of carbonyl (C=O) groups excluding carboxylic acids is 3. The minimum Gasteiger partial charge on any atom is -0.507 e. The van der Waals surface area contributed by atoms with Crippen LogP contribution in [0.3, 0.4) is 0 Å². The number of amides is 2. The van der Waals surface area contributed by atoms with Gasteiger partial charge in [-0.1, -0.05) is 30.3 Å². The highest BCUT2D eigenvalue weighted by molar-refractivity contribution is 7.89. The minimum atomic E-state index is -3.87. The fourth-order valence-electron chi connectivity index (χ4n) is 5.92. The van der Waals surface area contributed by atoms with Crippen LogP contribution in [0.4, 0.5) is 5.69 Å². The Labute approximate surface area is 239 Å². The molecule has 41 heavy (non-hydrogen) atoms. The van der Waals surface area contributed by atoms with Crippen molar-refractivity contribution in [1.82, 2.24) is 14.1 Å². The molecule has 0 aromatic heterocycles. The first-order valence-corrected chi connectivity index (χ1v) is 15.0. The molecular formula is C29H34N4O7S. The number of para-hydroxylation sites is 1. The third-order valence-electron chi connectivity index (χ3n) is 7.97. The third-order valence-corrected chi connectivity index (χ3v) is 9.78. The number of benzene rings is 2. The molecular weight excluding hydrogens is 548 g/mol. The largest absolute Gasteiger partial charge is 0.507 e. The molecule has 3 aliphatic heterocycles. The summed E-state index contributed by atoms with van der Waals surface area (Å²) in [6.45, 7) is 5.56. The van der Waals surface area contributed by atoms with E-state index in [0.29, 0.717) is 37.4 Å². The summed E-state index contributed by atoms with van der Waals surface area (Å²) in [6.07, 6.45) is 0.493. The number of anilines is 1. The summed E-state index contributed by atoms with van der Waals surface area (Å²) in [7, 11) is -1.09. The van der Waals surface area contributed by atoms with Gasteiger partial charge in [0.25, 0.3) is 17.6 Å². The van der Waals surface area contributed by atoms with Crippen molar-refractivity contribution in [2.24, 2.45) is 0 Å². The van der Waals surface area contributed by atoms with Crippen molar-refractivity contribution < 1.29 is 32.6 Å². The highest BCUT2D eigenvalue weighted by Gasteiger charge is 2.66. The quantitative estimate of drug-likeness (QED) is 0.283. The predicted molar refractivity (Wildman–Crippen MR) is 152 cm³/mol. The van der Waals surface area contributed by atoms with Gasteiger partial charge in [-0.05, 0) is 31.5 Å². The first kappa shape index (κ1) is 28.9. The Bertz CT molecular complexity index is 1530. The number of rotatable bonds is 8. The number of likely N-dealkylation sites (tertiary alicyclic amines) is 1. The molecule has 12 heteroatoms. The number of hydrogen-bond donors (Lipinski definition) is 1. The van der Waals surface area contributed by atoms with Crippen LogP contribution in [0.1, 0.15) is 24.5 Å². The fraction of sp³-hybridized carbons (Fsp3) is 0.414. The third kappa shape index (κ3) is 4.55. The normalized spacial score (nSPS) is 22.8. The number of carbonyl (C=O) groups is 3. The summed E-state index contributed by atoms with van der Waals surface area (Å²) in [5.74, 6) is -2.98. The van der Waals surface area contributed by atoms with Gasteiger partial charge in [-0.3, -0.25) is 19.3 Å². The van der Waals surface area contributed by atoms with E-state index in [9.17, 15) is 27.9 Å².